The van der Waals surface area contributed by atoms with Gasteiger partial charge in [0.2, 0.25) is 0 Å². The van der Waals surface area contributed by atoms with Crippen LogP contribution in [0.5, 0.6) is 0 Å². The van der Waals surface area contributed by atoms with Crippen molar-refractivity contribution in [1.29, 1.82) is 0 Å². The first kappa shape index (κ1) is 10.7. The van der Waals surface area contributed by atoms with Gasteiger partial charge < -0.3 is 14.3 Å². The third-order valence-electron chi connectivity index (χ3n) is 2.81. The quantitative estimate of drug-likeness (QED) is 0.718. The number of carbonyl (C=O) groups excluding carboxylic acids is 1. The molecule has 1 N–H and O–H groups in total. The van der Waals surface area contributed by atoms with Crippen LogP contribution >= 0.6 is 0 Å². The smallest absolute Gasteiger partial charge is 0.139 e. The first-order valence-electron chi connectivity index (χ1n) is 5.51. The van der Waals surface area contributed by atoms with Gasteiger partial charge in [-0.3, -0.25) is 0 Å². The number of nitrogens with one attached hydrogen (secondary N) is 1. The summed E-state index contributed by atoms with van der Waals surface area (Å²) in [4.78, 5) is 17.7. The number of halogens is 1. The predicted molar refractivity (Wildman–Crippen MR) is 65.5 cm³/mol. The molecule has 3 rings (SSSR count). The number of aldehydes is 1. The first-order chi connectivity index (χ1) is 8.78. The summed E-state index contributed by atoms with van der Waals surface area (Å²) in [5.41, 5.74) is 2.15. The third kappa shape index (κ3) is 1.69. The summed E-state index contributed by atoms with van der Waals surface area (Å²) in [5.74, 6) is -0.262. The Morgan fingerprint density at radius 2 is 2.33 bits per heavy atom. The van der Waals surface area contributed by atoms with Crippen molar-refractivity contribution in [3.8, 4) is 11.4 Å². The van der Waals surface area contributed by atoms with E-state index in [-0.39, 0.29) is 12.4 Å². The number of benzene rings is 1. The zero-order chi connectivity index (χ0) is 12.5. The molecule has 0 spiro atoms. The Hall–Kier alpha value is -2.43. The van der Waals surface area contributed by atoms with Crippen LogP contribution in [0.3, 0.4) is 0 Å². The number of nitrogens with zero attached hydrogens (tertiary/aromatic N) is 2. The van der Waals surface area contributed by atoms with Crippen LogP contribution in [0.25, 0.3) is 22.3 Å². The molecule has 0 fully saturated rings. The highest BCUT2D eigenvalue weighted by molar-refractivity contribution is 5.85. The van der Waals surface area contributed by atoms with Crippen molar-refractivity contribution in [1.82, 2.24) is 14.5 Å². The van der Waals surface area contributed by atoms with E-state index in [0.717, 1.165) is 17.5 Å². The van der Waals surface area contributed by atoms with E-state index >= 15 is 0 Å². The number of imidazole rings is 1. The number of fused-ring (bicyclic) bond motifs is 1. The molecule has 0 radical (unpaired) electrons. The van der Waals surface area contributed by atoms with Crippen molar-refractivity contribution in [3.05, 3.63) is 42.6 Å². The van der Waals surface area contributed by atoms with Gasteiger partial charge >= 0.3 is 0 Å². The van der Waals surface area contributed by atoms with Crippen LogP contribution in [-0.2, 0) is 11.3 Å². The highest BCUT2D eigenvalue weighted by Gasteiger charge is 2.08. The number of aromatic nitrogens is 3. The van der Waals surface area contributed by atoms with E-state index < -0.39 is 0 Å². The lowest BCUT2D eigenvalue weighted by Crippen LogP contribution is -1.93. The Morgan fingerprint density at radius 3 is 3.11 bits per heavy atom. The maximum absolute atomic E-state index is 13.5. The molecule has 4 nitrogen and oxygen atoms in total. The van der Waals surface area contributed by atoms with E-state index in [1.54, 1.807) is 29.2 Å². The van der Waals surface area contributed by atoms with Gasteiger partial charge in [0.25, 0.3) is 0 Å². The summed E-state index contributed by atoms with van der Waals surface area (Å²) < 4.78 is 15.2. The molecule has 5 heteroatoms. The van der Waals surface area contributed by atoms with E-state index in [0.29, 0.717) is 11.1 Å². The molecule has 18 heavy (non-hydrogen) atoms. The Morgan fingerprint density at radius 1 is 1.44 bits per heavy atom. The van der Waals surface area contributed by atoms with Gasteiger partial charge in [0.15, 0.2) is 0 Å². The number of rotatable bonds is 3. The van der Waals surface area contributed by atoms with Crippen LogP contribution in [-0.4, -0.2) is 20.8 Å². The highest BCUT2D eigenvalue weighted by atomic mass is 19.1. The minimum absolute atomic E-state index is 0.262. The number of H-pyrrole nitrogens is 1. The maximum Gasteiger partial charge on any atom is 0.139 e. The van der Waals surface area contributed by atoms with E-state index in [1.807, 2.05) is 6.07 Å². The standard InChI is InChI=1S/C13H10FN3O/c14-10-2-1-3-11-9(10)6-12(16-11)13-7-17(4-5-18)8-15-13/h1-3,5-8,16H,4H2. The van der Waals surface area contributed by atoms with Crippen LogP contribution in [0, 0.1) is 5.82 Å². The zero-order valence-electron chi connectivity index (χ0n) is 9.43. The van der Waals surface area contributed by atoms with Gasteiger partial charge in [-0.2, -0.15) is 0 Å². The lowest BCUT2D eigenvalue weighted by molar-refractivity contribution is -0.108. The summed E-state index contributed by atoms with van der Waals surface area (Å²) in [7, 11) is 0. The van der Waals surface area contributed by atoms with Gasteiger partial charge in [-0.15, -0.1) is 0 Å². The van der Waals surface area contributed by atoms with Crippen LogP contribution in [0.2, 0.25) is 0 Å². The average Bonchev–Trinajstić information content (AvgIpc) is 2.96. The average molecular weight is 243 g/mol. The molecule has 2 aromatic heterocycles. The van der Waals surface area contributed by atoms with Gasteiger partial charge in [0, 0.05) is 17.1 Å². The molecule has 0 unspecified atom stereocenters. The summed E-state index contributed by atoms with van der Waals surface area (Å²) in [5, 5.41) is 0.539. The summed E-state index contributed by atoms with van der Waals surface area (Å²) in [6.45, 7) is 0.265. The van der Waals surface area contributed by atoms with Gasteiger partial charge in [-0.05, 0) is 18.2 Å². The molecule has 0 aliphatic carbocycles. The van der Waals surface area contributed by atoms with Crippen molar-refractivity contribution >= 4 is 17.2 Å². The summed E-state index contributed by atoms with van der Waals surface area (Å²) in [6.07, 6.45) is 4.12. The van der Waals surface area contributed by atoms with Crippen molar-refractivity contribution in [2.45, 2.75) is 6.54 Å². The SMILES string of the molecule is O=CCn1cnc(-c2cc3c(F)cccc3[nH]2)c1. The third-order valence-corrected chi connectivity index (χ3v) is 2.81. The fourth-order valence-electron chi connectivity index (χ4n) is 1.94. The van der Waals surface area contributed by atoms with E-state index in [9.17, 15) is 9.18 Å². The van der Waals surface area contributed by atoms with Crippen LogP contribution in [0.15, 0.2) is 36.8 Å². The molecule has 0 saturated carbocycles. The number of hydrogen-bond acceptors (Lipinski definition) is 2. The van der Waals surface area contributed by atoms with Crippen LogP contribution < -0.4 is 0 Å². The lowest BCUT2D eigenvalue weighted by atomic mass is 10.2. The molecular weight excluding hydrogens is 233 g/mol. The van der Waals surface area contributed by atoms with Gasteiger partial charge in [-0.1, -0.05) is 6.07 Å². The second kappa shape index (κ2) is 4.10. The van der Waals surface area contributed by atoms with Gasteiger partial charge in [-0.25, -0.2) is 9.37 Å². The van der Waals surface area contributed by atoms with E-state index in [2.05, 4.69) is 9.97 Å². The largest absolute Gasteiger partial charge is 0.353 e. The molecule has 0 aliphatic heterocycles. The molecule has 0 atom stereocenters. The normalized spacial score (nSPS) is 10.9. The molecule has 1 aromatic carbocycles. The number of hydrogen-bond donors (Lipinski definition) is 1. The van der Waals surface area contributed by atoms with Crippen LogP contribution in [0.1, 0.15) is 0 Å². The minimum atomic E-state index is -0.262. The Balaban J connectivity index is 2.07. The first-order valence-corrected chi connectivity index (χ1v) is 5.51. The van der Waals surface area contributed by atoms with Gasteiger partial charge in [0.05, 0.1) is 18.6 Å². The van der Waals surface area contributed by atoms with Crippen molar-refractivity contribution in [2.24, 2.45) is 0 Å². The molecular formula is C13H10FN3O. The predicted octanol–water partition coefficient (Wildman–Crippen LogP) is 2.37. The van der Waals surface area contributed by atoms with Crippen LogP contribution in [0.4, 0.5) is 4.39 Å². The second-order valence-electron chi connectivity index (χ2n) is 4.01. The number of carbonyl (C=O) groups is 1. The molecule has 0 bridgehead atoms. The number of aromatic amines is 1. The maximum atomic E-state index is 13.5. The second-order valence-corrected chi connectivity index (χ2v) is 4.01. The molecule has 3 aromatic rings. The Bertz CT molecular complexity index is 714. The topological polar surface area (TPSA) is 50.7 Å². The fourth-order valence-corrected chi connectivity index (χ4v) is 1.94. The van der Waals surface area contributed by atoms with E-state index in [4.69, 9.17) is 0 Å². The molecule has 0 amide bonds. The van der Waals surface area contributed by atoms with Crippen molar-refractivity contribution in [3.63, 3.8) is 0 Å². The molecule has 0 aliphatic rings. The monoisotopic (exact) mass is 243 g/mol. The summed E-state index contributed by atoms with van der Waals surface area (Å²) >= 11 is 0. The summed E-state index contributed by atoms with van der Waals surface area (Å²) in [6, 6.07) is 6.61. The highest BCUT2D eigenvalue weighted by Crippen LogP contribution is 2.24. The lowest BCUT2D eigenvalue weighted by Gasteiger charge is -1.91. The zero-order valence-corrected chi connectivity index (χ0v) is 9.43. The van der Waals surface area contributed by atoms with E-state index in [1.165, 1.54) is 6.07 Å². The van der Waals surface area contributed by atoms with Crippen molar-refractivity contribution < 1.29 is 9.18 Å². The molecule has 90 valence electrons. The van der Waals surface area contributed by atoms with Crippen molar-refractivity contribution in [2.75, 3.05) is 0 Å². The van der Waals surface area contributed by atoms with Gasteiger partial charge in [0.1, 0.15) is 17.8 Å². The molecule has 0 saturated heterocycles. The Labute approximate surface area is 102 Å². The Kier molecular flexibility index (Phi) is 2.44. The fraction of sp³-hybridized carbons (Fsp3) is 0.0769. The minimum Gasteiger partial charge on any atom is -0.353 e. The molecule has 2 heterocycles.